The van der Waals surface area contributed by atoms with Crippen LogP contribution in [-0.2, 0) is 6.42 Å². The van der Waals surface area contributed by atoms with Gasteiger partial charge in [0, 0.05) is 13.1 Å². The smallest absolute Gasteiger partial charge is 0.188 e. The van der Waals surface area contributed by atoms with Crippen LogP contribution in [0, 0.1) is 5.92 Å². The van der Waals surface area contributed by atoms with Crippen LogP contribution in [-0.4, -0.2) is 25.7 Å². The summed E-state index contributed by atoms with van der Waals surface area (Å²) in [5, 5.41) is 3.14. The van der Waals surface area contributed by atoms with Gasteiger partial charge >= 0.3 is 0 Å². The molecule has 1 aromatic rings. The van der Waals surface area contributed by atoms with E-state index in [1.54, 1.807) is 0 Å². The van der Waals surface area contributed by atoms with Crippen LogP contribution < -0.4 is 15.8 Å². The van der Waals surface area contributed by atoms with Crippen molar-refractivity contribution < 1.29 is 4.74 Å². The van der Waals surface area contributed by atoms with E-state index < -0.39 is 0 Å². The summed E-state index contributed by atoms with van der Waals surface area (Å²) in [6, 6.07) is 8.20. The number of aliphatic imine (C=N–C) groups is 1. The van der Waals surface area contributed by atoms with E-state index in [0.717, 1.165) is 38.3 Å². The van der Waals surface area contributed by atoms with Crippen molar-refractivity contribution in [3.63, 3.8) is 0 Å². The van der Waals surface area contributed by atoms with Crippen molar-refractivity contribution >= 4 is 5.96 Å². The summed E-state index contributed by atoms with van der Waals surface area (Å²) >= 11 is 0. The molecule has 0 unspecified atom stereocenters. The molecule has 1 rings (SSSR count). The fraction of sp³-hybridized carbons (Fsp3) is 0.562. The Morgan fingerprint density at radius 3 is 2.90 bits per heavy atom. The maximum absolute atomic E-state index is 5.80. The largest absolute Gasteiger partial charge is 0.494 e. The van der Waals surface area contributed by atoms with Crippen molar-refractivity contribution in [2.24, 2.45) is 16.6 Å². The van der Waals surface area contributed by atoms with E-state index in [9.17, 15) is 0 Å². The second-order valence-electron chi connectivity index (χ2n) is 5.29. The molecule has 0 aliphatic rings. The predicted octanol–water partition coefficient (Wildman–Crippen LogP) is 2.58. The van der Waals surface area contributed by atoms with Crippen molar-refractivity contribution in [2.45, 2.75) is 33.6 Å². The summed E-state index contributed by atoms with van der Waals surface area (Å²) in [7, 11) is 0. The summed E-state index contributed by atoms with van der Waals surface area (Å²) in [6.07, 6.45) is 1.93. The third-order valence-corrected chi connectivity index (χ3v) is 2.72. The number of ether oxygens (including phenoxy) is 1. The minimum atomic E-state index is 0.525. The summed E-state index contributed by atoms with van der Waals surface area (Å²) in [6.45, 7) is 8.66. The van der Waals surface area contributed by atoms with Crippen molar-refractivity contribution in [3.8, 4) is 5.75 Å². The summed E-state index contributed by atoms with van der Waals surface area (Å²) < 4.78 is 5.62. The quantitative estimate of drug-likeness (QED) is 0.567. The Morgan fingerprint density at radius 1 is 1.40 bits per heavy atom. The van der Waals surface area contributed by atoms with Crippen molar-refractivity contribution in [2.75, 3.05) is 19.7 Å². The Balaban J connectivity index is 2.36. The molecule has 0 spiro atoms. The van der Waals surface area contributed by atoms with Gasteiger partial charge in [0.2, 0.25) is 0 Å². The number of rotatable bonds is 8. The van der Waals surface area contributed by atoms with Gasteiger partial charge in [-0.05, 0) is 36.5 Å². The van der Waals surface area contributed by atoms with E-state index in [4.69, 9.17) is 10.5 Å². The van der Waals surface area contributed by atoms with E-state index in [2.05, 4.69) is 43.2 Å². The lowest BCUT2D eigenvalue weighted by atomic mass is 10.1. The lowest BCUT2D eigenvalue weighted by molar-refractivity contribution is 0.317. The van der Waals surface area contributed by atoms with Crippen LogP contribution in [0.1, 0.15) is 32.8 Å². The molecular weight excluding hydrogens is 250 g/mol. The van der Waals surface area contributed by atoms with Crippen LogP contribution in [0.3, 0.4) is 0 Å². The van der Waals surface area contributed by atoms with Gasteiger partial charge in [0.25, 0.3) is 0 Å². The Labute approximate surface area is 122 Å². The van der Waals surface area contributed by atoms with Gasteiger partial charge in [-0.1, -0.05) is 32.9 Å². The van der Waals surface area contributed by atoms with E-state index in [-0.39, 0.29) is 0 Å². The zero-order chi connectivity index (χ0) is 14.8. The third kappa shape index (κ3) is 7.02. The van der Waals surface area contributed by atoms with Gasteiger partial charge in [-0.15, -0.1) is 0 Å². The second-order valence-corrected chi connectivity index (χ2v) is 5.29. The molecule has 0 fully saturated rings. The molecule has 4 nitrogen and oxygen atoms in total. The van der Waals surface area contributed by atoms with Crippen molar-refractivity contribution in [1.29, 1.82) is 0 Å². The fourth-order valence-corrected chi connectivity index (χ4v) is 1.68. The molecule has 0 aromatic heterocycles. The molecule has 1 aromatic carbocycles. The monoisotopic (exact) mass is 277 g/mol. The first-order valence-electron chi connectivity index (χ1n) is 7.37. The van der Waals surface area contributed by atoms with Crippen molar-refractivity contribution in [1.82, 2.24) is 5.32 Å². The zero-order valence-corrected chi connectivity index (χ0v) is 12.9. The minimum Gasteiger partial charge on any atom is -0.494 e. The van der Waals surface area contributed by atoms with E-state index in [1.165, 1.54) is 5.56 Å². The molecule has 3 N–H and O–H groups in total. The lowest BCUT2D eigenvalue weighted by Crippen LogP contribution is -2.33. The van der Waals surface area contributed by atoms with Gasteiger partial charge in [0.1, 0.15) is 5.75 Å². The molecule has 0 atom stereocenters. The Morgan fingerprint density at radius 2 is 2.20 bits per heavy atom. The lowest BCUT2D eigenvalue weighted by Gasteiger charge is -2.09. The Bertz CT molecular complexity index is 416. The van der Waals surface area contributed by atoms with Crippen LogP contribution in [0.5, 0.6) is 5.75 Å². The maximum Gasteiger partial charge on any atom is 0.188 e. The van der Waals surface area contributed by atoms with Crippen LogP contribution >= 0.6 is 0 Å². The topological polar surface area (TPSA) is 59.6 Å². The molecule has 0 saturated carbocycles. The fourth-order valence-electron chi connectivity index (χ4n) is 1.68. The number of nitrogens with zero attached hydrogens (tertiary/aromatic N) is 1. The first kappa shape index (κ1) is 16.3. The third-order valence-electron chi connectivity index (χ3n) is 2.72. The molecule has 0 radical (unpaired) electrons. The van der Waals surface area contributed by atoms with Gasteiger partial charge in [0.05, 0.1) is 6.61 Å². The highest BCUT2D eigenvalue weighted by atomic mass is 16.5. The summed E-state index contributed by atoms with van der Waals surface area (Å²) in [4.78, 5) is 4.27. The molecule has 0 amide bonds. The average molecular weight is 277 g/mol. The van der Waals surface area contributed by atoms with E-state index in [0.29, 0.717) is 11.9 Å². The summed E-state index contributed by atoms with van der Waals surface area (Å²) in [5.41, 5.74) is 7.03. The molecule has 112 valence electrons. The number of guanidine groups is 1. The van der Waals surface area contributed by atoms with Crippen LogP contribution in [0.25, 0.3) is 0 Å². The zero-order valence-electron chi connectivity index (χ0n) is 12.9. The van der Waals surface area contributed by atoms with Gasteiger partial charge < -0.3 is 15.8 Å². The average Bonchev–Trinajstić information content (AvgIpc) is 2.43. The van der Waals surface area contributed by atoms with Crippen LogP contribution in [0.4, 0.5) is 0 Å². The number of nitrogens with two attached hydrogens (primary N) is 1. The van der Waals surface area contributed by atoms with Crippen LogP contribution in [0.2, 0.25) is 0 Å². The number of nitrogens with one attached hydrogen (secondary N) is 1. The normalized spacial score (nSPS) is 11.7. The Kier molecular flexibility index (Phi) is 7.55. The maximum atomic E-state index is 5.80. The second kappa shape index (κ2) is 9.23. The standard InChI is InChI=1S/C16H27N3O/c1-4-10-20-15-7-5-6-14(11-15)8-9-18-16(17)19-12-13(2)3/h5-7,11,13H,4,8-10,12H2,1-3H3,(H3,17,18,19). The van der Waals surface area contributed by atoms with E-state index >= 15 is 0 Å². The molecule has 20 heavy (non-hydrogen) atoms. The van der Waals surface area contributed by atoms with Gasteiger partial charge in [0.15, 0.2) is 5.96 Å². The highest BCUT2D eigenvalue weighted by Crippen LogP contribution is 2.13. The first-order valence-corrected chi connectivity index (χ1v) is 7.37. The number of hydrogen-bond donors (Lipinski definition) is 2. The number of hydrogen-bond acceptors (Lipinski definition) is 2. The molecule has 0 heterocycles. The predicted molar refractivity (Wildman–Crippen MR) is 85.3 cm³/mol. The molecule has 0 bridgehead atoms. The van der Waals surface area contributed by atoms with Gasteiger partial charge in [-0.2, -0.15) is 0 Å². The molecule has 0 aliphatic heterocycles. The minimum absolute atomic E-state index is 0.525. The van der Waals surface area contributed by atoms with E-state index in [1.807, 2.05) is 12.1 Å². The van der Waals surface area contributed by atoms with Crippen molar-refractivity contribution in [3.05, 3.63) is 29.8 Å². The SMILES string of the molecule is CCCOc1cccc(CCNC(N)=NCC(C)C)c1. The molecular formula is C16H27N3O. The Hall–Kier alpha value is -1.71. The highest BCUT2D eigenvalue weighted by Gasteiger charge is 1.98. The van der Waals surface area contributed by atoms with Crippen LogP contribution in [0.15, 0.2) is 29.3 Å². The molecule has 0 aliphatic carbocycles. The molecule has 4 heteroatoms. The van der Waals surface area contributed by atoms with Gasteiger partial charge in [-0.25, -0.2) is 0 Å². The summed E-state index contributed by atoms with van der Waals surface area (Å²) in [5.74, 6) is 1.99. The highest BCUT2D eigenvalue weighted by molar-refractivity contribution is 5.77. The van der Waals surface area contributed by atoms with Gasteiger partial charge in [-0.3, -0.25) is 4.99 Å². The number of benzene rings is 1. The first-order chi connectivity index (χ1) is 9.61. The molecule has 0 saturated heterocycles.